The first kappa shape index (κ1) is 33.8. The van der Waals surface area contributed by atoms with Crippen LogP contribution in [0.4, 0.5) is 0 Å². The standard InChI is InChI=1S/C39H36O10/c1-21-33(41)37(45)38(46)39(47-21)49-30-20-28-32(34(42)26(30)15-9-14-23-10-5-3-6-11-23)35(43)27-18-19-29(48-22(2)40)25(31(27)36(28)44)17-16-24-12-7-4-8-13-24/h3-8,10-13,16-21,33,37-39,41-42,45-46H,9,14-15H2,1-2H3/t21-,33-,37-,38-,39-/m1/s1. The predicted molar refractivity (Wildman–Crippen MR) is 180 cm³/mol. The third kappa shape index (κ3) is 6.77. The highest BCUT2D eigenvalue weighted by Crippen LogP contribution is 2.44. The maximum absolute atomic E-state index is 14.4. The van der Waals surface area contributed by atoms with Gasteiger partial charge in [0.05, 0.1) is 11.7 Å². The molecule has 10 heteroatoms. The molecule has 4 N–H and O–H groups in total. The Kier molecular flexibility index (Phi) is 9.75. The summed E-state index contributed by atoms with van der Waals surface area (Å²) in [4.78, 5) is 40.6. The van der Waals surface area contributed by atoms with Gasteiger partial charge in [0.1, 0.15) is 35.6 Å². The van der Waals surface area contributed by atoms with Crippen molar-refractivity contribution in [3.8, 4) is 17.2 Å². The van der Waals surface area contributed by atoms with Crippen molar-refractivity contribution in [3.63, 3.8) is 0 Å². The van der Waals surface area contributed by atoms with Crippen LogP contribution in [0.1, 0.15) is 74.4 Å². The van der Waals surface area contributed by atoms with Crippen LogP contribution in [0.15, 0.2) is 78.9 Å². The van der Waals surface area contributed by atoms with Gasteiger partial charge in [-0.3, -0.25) is 14.4 Å². The number of ether oxygens (including phenoxy) is 3. The number of hydrogen-bond acceptors (Lipinski definition) is 10. The zero-order valence-electron chi connectivity index (χ0n) is 26.9. The molecule has 5 atom stereocenters. The molecular weight excluding hydrogens is 628 g/mol. The topological polar surface area (TPSA) is 160 Å². The lowest BCUT2D eigenvalue weighted by atomic mass is 9.79. The summed E-state index contributed by atoms with van der Waals surface area (Å²) in [7, 11) is 0. The number of carbonyl (C=O) groups is 3. The van der Waals surface area contributed by atoms with Gasteiger partial charge in [0, 0.05) is 34.7 Å². The Bertz CT molecular complexity index is 1920. The van der Waals surface area contributed by atoms with Crippen molar-refractivity contribution in [1.29, 1.82) is 0 Å². The zero-order chi connectivity index (χ0) is 34.8. The number of carbonyl (C=O) groups excluding carboxylic acids is 3. The van der Waals surface area contributed by atoms with E-state index >= 15 is 0 Å². The van der Waals surface area contributed by atoms with Gasteiger partial charge < -0.3 is 34.6 Å². The third-order valence-electron chi connectivity index (χ3n) is 8.80. The highest BCUT2D eigenvalue weighted by Gasteiger charge is 2.44. The van der Waals surface area contributed by atoms with Crippen molar-refractivity contribution in [2.45, 2.75) is 63.8 Å². The summed E-state index contributed by atoms with van der Waals surface area (Å²) in [5, 5.41) is 43.1. The fourth-order valence-electron chi connectivity index (χ4n) is 6.25. The second-order valence-corrected chi connectivity index (χ2v) is 12.2. The Morgan fingerprint density at radius 3 is 2.16 bits per heavy atom. The van der Waals surface area contributed by atoms with E-state index < -0.39 is 54.0 Å². The molecule has 0 unspecified atom stereocenters. The van der Waals surface area contributed by atoms with Crippen molar-refractivity contribution in [2.24, 2.45) is 0 Å². The van der Waals surface area contributed by atoms with E-state index in [4.69, 9.17) is 14.2 Å². The summed E-state index contributed by atoms with van der Waals surface area (Å²) in [6.07, 6.45) is -2.32. The van der Waals surface area contributed by atoms with Crippen molar-refractivity contribution < 1.29 is 49.0 Å². The van der Waals surface area contributed by atoms with Gasteiger partial charge >= 0.3 is 5.97 Å². The van der Waals surface area contributed by atoms with Crippen LogP contribution in [0.25, 0.3) is 12.2 Å². The first-order chi connectivity index (χ1) is 23.5. The number of rotatable bonds is 9. The number of esters is 1. The van der Waals surface area contributed by atoms with Gasteiger partial charge in [0.25, 0.3) is 0 Å². The maximum atomic E-state index is 14.4. The van der Waals surface area contributed by atoms with E-state index in [0.717, 1.165) is 11.1 Å². The minimum Gasteiger partial charge on any atom is -0.507 e. The highest BCUT2D eigenvalue weighted by molar-refractivity contribution is 6.31. The van der Waals surface area contributed by atoms with Crippen LogP contribution in [0.3, 0.4) is 0 Å². The molecule has 4 aromatic rings. The van der Waals surface area contributed by atoms with Crippen LogP contribution in [-0.2, 0) is 22.4 Å². The Morgan fingerprint density at radius 1 is 0.796 bits per heavy atom. The molecule has 10 nitrogen and oxygen atoms in total. The van der Waals surface area contributed by atoms with Crippen molar-refractivity contribution in [2.75, 3.05) is 0 Å². The molecule has 1 heterocycles. The van der Waals surface area contributed by atoms with Crippen LogP contribution in [-0.4, -0.2) is 68.7 Å². The molecule has 49 heavy (non-hydrogen) atoms. The second-order valence-electron chi connectivity index (χ2n) is 12.2. The minimum absolute atomic E-state index is 0.0215. The second kappa shape index (κ2) is 14.2. The Hall–Kier alpha value is -5.13. The van der Waals surface area contributed by atoms with Crippen molar-refractivity contribution in [3.05, 3.63) is 123 Å². The number of ketones is 2. The number of aliphatic hydroxyl groups excluding tert-OH is 3. The van der Waals surface area contributed by atoms with Crippen LogP contribution in [0.2, 0.25) is 0 Å². The van der Waals surface area contributed by atoms with Gasteiger partial charge in [-0.2, -0.15) is 0 Å². The number of phenols is 1. The molecule has 1 aliphatic carbocycles. The largest absolute Gasteiger partial charge is 0.507 e. The molecule has 0 radical (unpaired) electrons. The van der Waals surface area contributed by atoms with Gasteiger partial charge in [0.2, 0.25) is 6.29 Å². The fourth-order valence-corrected chi connectivity index (χ4v) is 6.25. The summed E-state index contributed by atoms with van der Waals surface area (Å²) in [5.74, 6) is -2.27. The number of aryl methyl sites for hydroxylation is 1. The number of phenolic OH excluding ortho intramolecular Hbond substituents is 1. The van der Waals surface area contributed by atoms with Gasteiger partial charge in [-0.05, 0) is 61.6 Å². The number of hydrogen-bond donors (Lipinski definition) is 4. The van der Waals surface area contributed by atoms with Crippen molar-refractivity contribution in [1.82, 2.24) is 0 Å². The molecule has 0 spiro atoms. The first-order valence-electron chi connectivity index (χ1n) is 16.0. The average molecular weight is 665 g/mol. The van der Waals surface area contributed by atoms with E-state index in [1.165, 1.54) is 32.0 Å². The molecular formula is C39H36O10. The smallest absolute Gasteiger partial charge is 0.308 e. The molecule has 0 bridgehead atoms. The first-order valence-corrected chi connectivity index (χ1v) is 16.0. The normalized spacial score (nSPS) is 21.7. The van der Waals surface area contributed by atoms with E-state index in [0.29, 0.717) is 12.8 Å². The fraction of sp³-hybridized carbons (Fsp3) is 0.256. The van der Waals surface area contributed by atoms with Gasteiger partial charge in [-0.1, -0.05) is 66.7 Å². The van der Waals surface area contributed by atoms with E-state index in [9.17, 15) is 34.8 Å². The summed E-state index contributed by atoms with van der Waals surface area (Å²) >= 11 is 0. The lowest BCUT2D eigenvalue weighted by molar-refractivity contribution is -0.268. The molecule has 1 aliphatic heterocycles. The van der Waals surface area contributed by atoms with E-state index in [2.05, 4.69) is 0 Å². The van der Waals surface area contributed by atoms with Crippen molar-refractivity contribution >= 4 is 29.7 Å². The van der Waals surface area contributed by atoms with Gasteiger partial charge in [-0.15, -0.1) is 0 Å². The lowest BCUT2D eigenvalue weighted by Crippen LogP contribution is -2.58. The molecule has 1 fully saturated rings. The molecule has 0 saturated carbocycles. The van der Waals surface area contributed by atoms with E-state index in [1.807, 2.05) is 60.7 Å². The molecule has 252 valence electrons. The number of aliphatic hydroxyl groups is 3. The number of fused-ring (bicyclic) bond motifs is 2. The highest BCUT2D eigenvalue weighted by atomic mass is 16.7. The molecule has 2 aliphatic rings. The summed E-state index contributed by atoms with van der Waals surface area (Å²) in [6.45, 7) is 2.73. The van der Waals surface area contributed by atoms with Crippen LogP contribution in [0, 0.1) is 0 Å². The SMILES string of the molecule is CC(=O)Oc1ccc2c(c1C=Cc1ccccc1)C(=O)c1cc(O[C@H]3O[C@H](C)[C@@H](O)[C@@H](O)[C@H]3O)c(CCCc3ccccc3)c(O)c1C2=O. The summed E-state index contributed by atoms with van der Waals surface area (Å²) < 4.78 is 17.2. The average Bonchev–Trinajstić information content (AvgIpc) is 3.09. The molecule has 4 aromatic carbocycles. The van der Waals surface area contributed by atoms with Crippen LogP contribution in [0.5, 0.6) is 17.2 Å². The van der Waals surface area contributed by atoms with E-state index in [1.54, 1.807) is 12.2 Å². The summed E-state index contributed by atoms with van der Waals surface area (Å²) in [6, 6.07) is 23.1. The molecule has 0 amide bonds. The van der Waals surface area contributed by atoms with Gasteiger partial charge in [-0.25, -0.2) is 0 Å². The quantitative estimate of drug-likeness (QED) is 0.0993. The van der Waals surface area contributed by atoms with E-state index in [-0.39, 0.29) is 51.3 Å². The molecule has 1 saturated heterocycles. The maximum Gasteiger partial charge on any atom is 0.308 e. The lowest BCUT2D eigenvalue weighted by Gasteiger charge is -2.39. The molecule has 6 rings (SSSR count). The minimum atomic E-state index is -1.67. The Morgan fingerprint density at radius 2 is 1.47 bits per heavy atom. The predicted octanol–water partition coefficient (Wildman–Crippen LogP) is 4.64. The number of benzene rings is 4. The summed E-state index contributed by atoms with van der Waals surface area (Å²) in [5.41, 5.74) is 1.90. The Labute approximate surface area is 282 Å². The molecule has 0 aromatic heterocycles. The van der Waals surface area contributed by atoms with Crippen LogP contribution < -0.4 is 9.47 Å². The number of aromatic hydroxyl groups is 1. The van der Waals surface area contributed by atoms with Crippen LogP contribution >= 0.6 is 0 Å². The zero-order valence-corrected chi connectivity index (χ0v) is 26.9. The Balaban J connectivity index is 1.46. The third-order valence-corrected chi connectivity index (χ3v) is 8.80. The monoisotopic (exact) mass is 664 g/mol. The van der Waals surface area contributed by atoms with Gasteiger partial charge in [0.15, 0.2) is 11.6 Å².